The highest BCUT2D eigenvalue weighted by Crippen LogP contribution is 2.08. The fraction of sp³-hybridized carbons (Fsp3) is 0.714. The van der Waals surface area contributed by atoms with E-state index in [0.29, 0.717) is 17.8 Å². The van der Waals surface area contributed by atoms with Crippen LogP contribution in [0.4, 0.5) is 0 Å². The summed E-state index contributed by atoms with van der Waals surface area (Å²) in [6, 6.07) is 0. The van der Waals surface area contributed by atoms with Crippen LogP contribution in [-0.4, -0.2) is 36.4 Å². The van der Waals surface area contributed by atoms with Gasteiger partial charge in [0.05, 0.1) is 12.7 Å². The maximum atomic E-state index is 11.0. The number of hydrogen-bond donors (Lipinski definition) is 1. The number of esters is 2. The molecule has 26 heavy (non-hydrogen) atoms. The van der Waals surface area contributed by atoms with Gasteiger partial charge in [0.25, 0.3) is 0 Å². The number of ether oxygens (including phenoxy) is 2. The molecule has 0 spiro atoms. The van der Waals surface area contributed by atoms with E-state index in [4.69, 9.17) is 9.84 Å². The molecule has 1 unspecified atom stereocenters. The first-order valence-corrected chi connectivity index (χ1v) is 9.55. The van der Waals surface area contributed by atoms with Crippen LogP contribution in [0.5, 0.6) is 0 Å². The quantitative estimate of drug-likeness (QED) is 0.288. The molecule has 0 rings (SSSR count). The van der Waals surface area contributed by atoms with E-state index in [1.807, 2.05) is 0 Å². The van der Waals surface area contributed by atoms with Crippen LogP contribution in [0.25, 0.3) is 0 Å². The summed E-state index contributed by atoms with van der Waals surface area (Å²) < 4.78 is 9.59. The summed E-state index contributed by atoms with van der Waals surface area (Å²) in [5.74, 6) is -0.719. The maximum Gasteiger partial charge on any atom is 0.333 e. The lowest BCUT2D eigenvalue weighted by Crippen LogP contribution is -2.15. The van der Waals surface area contributed by atoms with Crippen LogP contribution >= 0.6 is 0 Å². The molecule has 0 aliphatic heterocycles. The first kappa shape index (κ1) is 26.6. The molecule has 0 saturated heterocycles. The van der Waals surface area contributed by atoms with Crippen molar-refractivity contribution in [1.29, 1.82) is 0 Å². The number of aliphatic hydroxyl groups excluding tert-OH is 1. The number of unbranched alkanes of at least 4 members (excludes halogenated alkanes) is 7. The molecule has 0 radical (unpaired) electrons. The van der Waals surface area contributed by atoms with Gasteiger partial charge in [0.2, 0.25) is 0 Å². The molecule has 0 fully saturated rings. The minimum Gasteiger partial charge on any atom is -0.462 e. The van der Waals surface area contributed by atoms with Gasteiger partial charge < -0.3 is 14.6 Å². The molecule has 0 saturated carbocycles. The van der Waals surface area contributed by atoms with Crippen LogP contribution in [0.2, 0.25) is 0 Å². The summed E-state index contributed by atoms with van der Waals surface area (Å²) >= 11 is 0. The third-order valence-corrected chi connectivity index (χ3v) is 3.38. The Morgan fingerprint density at radius 2 is 1.27 bits per heavy atom. The molecule has 152 valence electrons. The second-order valence-electron chi connectivity index (χ2n) is 6.62. The van der Waals surface area contributed by atoms with Crippen molar-refractivity contribution in [3.05, 3.63) is 24.3 Å². The Labute approximate surface area is 159 Å². The fourth-order valence-corrected chi connectivity index (χ4v) is 1.84. The van der Waals surface area contributed by atoms with E-state index in [-0.39, 0.29) is 12.6 Å². The van der Waals surface area contributed by atoms with Gasteiger partial charge in [0, 0.05) is 11.1 Å². The number of hydrogen-bond acceptors (Lipinski definition) is 5. The molecule has 0 aromatic rings. The fourth-order valence-electron chi connectivity index (χ4n) is 1.84. The molecule has 0 aliphatic rings. The Morgan fingerprint density at radius 1 is 0.846 bits per heavy atom. The van der Waals surface area contributed by atoms with E-state index in [0.717, 1.165) is 12.8 Å². The SMILES string of the molecule is C=C(C)C(=O)OCC(C)O.C=C(C)C(=O)OCCCCCCCCCC. The van der Waals surface area contributed by atoms with E-state index in [2.05, 4.69) is 24.8 Å². The Morgan fingerprint density at radius 3 is 1.69 bits per heavy atom. The lowest BCUT2D eigenvalue weighted by Gasteiger charge is -2.04. The van der Waals surface area contributed by atoms with Gasteiger partial charge in [-0.1, -0.05) is 65.0 Å². The summed E-state index contributed by atoms with van der Waals surface area (Å²) in [4.78, 5) is 21.6. The first-order valence-electron chi connectivity index (χ1n) is 9.55. The van der Waals surface area contributed by atoms with Crippen molar-refractivity contribution in [2.45, 2.75) is 85.2 Å². The van der Waals surface area contributed by atoms with Crippen molar-refractivity contribution in [2.24, 2.45) is 0 Å². The minimum atomic E-state index is -0.608. The lowest BCUT2D eigenvalue weighted by molar-refractivity contribution is -0.141. The van der Waals surface area contributed by atoms with Gasteiger partial charge in [-0.25, -0.2) is 9.59 Å². The minimum absolute atomic E-state index is 0.0334. The third-order valence-electron chi connectivity index (χ3n) is 3.38. The van der Waals surface area contributed by atoms with Gasteiger partial charge in [0.1, 0.15) is 6.61 Å². The van der Waals surface area contributed by atoms with Crippen LogP contribution in [0.3, 0.4) is 0 Å². The Balaban J connectivity index is 0. The number of carbonyl (C=O) groups is 2. The number of aliphatic hydroxyl groups is 1. The molecular formula is C21H38O5. The second-order valence-corrected chi connectivity index (χ2v) is 6.62. The summed E-state index contributed by atoms with van der Waals surface area (Å²) in [6.07, 6.45) is 9.47. The molecule has 0 bridgehead atoms. The van der Waals surface area contributed by atoms with Gasteiger partial charge in [-0.3, -0.25) is 0 Å². The molecule has 0 heterocycles. The number of rotatable bonds is 13. The van der Waals surface area contributed by atoms with Crippen LogP contribution < -0.4 is 0 Å². The van der Waals surface area contributed by atoms with Gasteiger partial charge in [0.15, 0.2) is 0 Å². The van der Waals surface area contributed by atoms with E-state index >= 15 is 0 Å². The van der Waals surface area contributed by atoms with Crippen molar-refractivity contribution in [3.63, 3.8) is 0 Å². The normalized spacial score (nSPS) is 11.0. The Kier molecular flexibility index (Phi) is 18.6. The lowest BCUT2D eigenvalue weighted by atomic mass is 10.1. The van der Waals surface area contributed by atoms with Gasteiger partial charge in [-0.2, -0.15) is 0 Å². The second kappa shape index (κ2) is 18.2. The molecule has 0 amide bonds. The molecular weight excluding hydrogens is 332 g/mol. The number of carbonyl (C=O) groups excluding carboxylic acids is 2. The molecule has 0 aromatic heterocycles. The molecule has 5 heteroatoms. The zero-order valence-electron chi connectivity index (χ0n) is 17.1. The van der Waals surface area contributed by atoms with Gasteiger partial charge >= 0.3 is 11.9 Å². The standard InChI is InChI=1S/C14H26O2.C7H12O3/c1-4-5-6-7-8-9-10-11-12-16-14(15)13(2)3;1-5(2)7(9)10-4-6(3)8/h2,4-12H2,1,3H3;6,8H,1,4H2,2-3H3. The van der Waals surface area contributed by atoms with Gasteiger partial charge in [-0.05, 0) is 27.2 Å². The highest BCUT2D eigenvalue weighted by molar-refractivity contribution is 5.87. The zero-order valence-corrected chi connectivity index (χ0v) is 17.1. The van der Waals surface area contributed by atoms with Crippen LogP contribution in [0, 0.1) is 0 Å². The van der Waals surface area contributed by atoms with Crippen molar-refractivity contribution in [2.75, 3.05) is 13.2 Å². The average molecular weight is 371 g/mol. The van der Waals surface area contributed by atoms with E-state index in [9.17, 15) is 9.59 Å². The van der Waals surface area contributed by atoms with E-state index < -0.39 is 12.1 Å². The van der Waals surface area contributed by atoms with E-state index in [1.54, 1.807) is 20.8 Å². The van der Waals surface area contributed by atoms with Crippen molar-refractivity contribution in [3.8, 4) is 0 Å². The summed E-state index contributed by atoms with van der Waals surface area (Å²) in [5, 5.41) is 8.68. The molecule has 0 aromatic carbocycles. The molecule has 5 nitrogen and oxygen atoms in total. The molecule has 1 N–H and O–H groups in total. The largest absolute Gasteiger partial charge is 0.462 e. The van der Waals surface area contributed by atoms with Crippen LogP contribution in [-0.2, 0) is 19.1 Å². The summed E-state index contributed by atoms with van der Waals surface area (Å²) in [6.45, 7) is 14.5. The van der Waals surface area contributed by atoms with Crippen molar-refractivity contribution in [1.82, 2.24) is 0 Å². The highest BCUT2D eigenvalue weighted by Gasteiger charge is 2.04. The van der Waals surface area contributed by atoms with Gasteiger partial charge in [-0.15, -0.1) is 0 Å². The topological polar surface area (TPSA) is 72.8 Å². The van der Waals surface area contributed by atoms with Crippen LogP contribution in [0.15, 0.2) is 24.3 Å². The Bertz CT molecular complexity index is 413. The summed E-state index contributed by atoms with van der Waals surface area (Å²) in [5.41, 5.74) is 0.834. The maximum absolute atomic E-state index is 11.0. The van der Waals surface area contributed by atoms with Crippen molar-refractivity contribution < 1.29 is 24.2 Å². The van der Waals surface area contributed by atoms with Crippen LogP contribution in [0.1, 0.15) is 79.1 Å². The molecule has 0 aliphatic carbocycles. The zero-order chi connectivity index (χ0) is 20.4. The predicted molar refractivity (Wildman–Crippen MR) is 106 cm³/mol. The predicted octanol–water partition coefficient (Wildman–Crippen LogP) is 4.73. The molecule has 1 atom stereocenters. The highest BCUT2D eigenvalue weighted by atomic mass is 16.5. The monoisotopic (exact) mass is 370 g/mol. The van der Waals surface area contributed by atoms with E-state index in [1.165, 1.54) is 38.5 Å². The third kappa shape index (κ3) is 20.4. The average Bonchev–Trinajstić information content (AvgIpc) is 2.58. The van der Waals surface area contributed by atoms with Crippen molar-refractivity contribution >= 4 is 11.9 Å². The first-order chi connectivity index (χ1) is 12.2. The summed E-state index contributed by atoms with van der Waals surface area (Å²) in [7, 11) is 0. The Hall–Kier alpha value is -1.62. The smallest absolute Gasteiger partial charge is 0.333 e.